The van der Waals surface area contributed by atoms with Crippen molar-refractivity contribution in [2.75, 3.05) is 5.32 Å². The standard InChI is InChI=1S/C15H12N4O2S/c1-19-7-5-10(8-13(19)20)14(21)18-15-17-12(9-22-15)11-4-2-3-6-16-11/h2-9H,1H3,(H,17,18,21). The Balaban J connectivity index is 1.79. The van der Waals surface area contributed by atoms with Gasteiger partial charge in [0.15, 0.2) is 5.13 Å². The number of thiazole rings is 1. The number of carbonyl (C=O) groups is 1. The zero-order valence-electron chi connectivity index (χ0n) is 11.7. The third-order valence-corrected chi connectivity index (χ3v) is 3.78. The quantitative estimate of drug-likeness (QED) is 0.804. The van der Waals surface area contributed by atoms with E-state index in [1.165, 1.54) is 22.0 Å². The van der Waals surface area contributed by atoms with E-state index in [0.29, 0.717) is 16.4 Å². The van der Waals surface area contributed by atoms with E-state index in [-0.39, 0.29) is 11.5 Å². The largest absolute Gasteiger partial charge is 0.319 e. The van der Waals surface area contributed by atoms with Gasteiger partial charge in [-0.3, -0.25) is 19.9 Å². The molecule has 0 radical (unpaired) electrons. The highest BCUT2D eigenvalue weighted by Crippen LogP contribution is 2.23. The Kier molecular flexibility index (Phi) is 3.80. The summed E-state index contributed by atoms with van der Waals surface area (Å²) >= 11 is 1.31. The molecule has 110 valence electrons. The van der Waals surface area contributed by atoms with E-state index in [2.05, 4.69) is 15.3 Å². The lowest BCUT2D eigenvalue weighted by atomic mass is 10.2. The molecule has 3 aromatic rings. The minimum absolute atomic E-state index is 0.235. The van der Waals surface area contributed by atoms with Crippen LogP contribution in [0.3, 0.4) is 0 Å². The maximum absolute atomic E-state index is 12.1. The average molecular weight is 312 g/mol. The van der Waals surface area contributed by atoms with E-state index in [4.69, 9.17) is 0 Å². The summed E-state index contributed by atoms with van der Waals surface area (Å²) in [7, 11) is 1.63. The first kappa shape index (κ1) is 14.2. The van der Waals surface area contributed by atoms with Crippen molar-refractivity contribution in [1.82, 2.24) is 14.5 Å². The normalized spacial score (nSPS) is 10.4. The fourth-order valence-electron chi connectivity index (χ4n) is 1.82. The molecule has 3 heterocycles. The van der Waals surface area contributed by atoms with E-state index in [1.807, 2.05) is 23.6 Å². The van der Waals surface area contributed by atoms with Crippen LogP contribution in [0.1, 0.15) is 10.4 Å². The van der Waals surface area contributed by atoms with Crippen LogP contribution < -0.4 is 10.9 Å². The van der Waals surface area contributed by atoms with Gasteiger partial charge in [0.25, 0.3) is 11.5 Å². The Morgan fingerprint density at radius 2 is 2.14 bits per heavy atom. The van der Waals surface area contributed by atoms with Gasteiger partial charge in [-0.2, -0.15) is 0 Å². The Hall–Kier alpha value is -2.80. The molecule has 0 saturated heterocycles. The Morgan fingerprint density at radius 1 is 1.27 bits per heavy atom. The van der Waals surface area contributed by atoms with E-state index < -0.39 is 0 Å². The van der Waals surface area contributed by atoms with E-state index in [9.17, 15) is 9.59 Å². The van der Waals surface area contributed by atoms with Crippen LogP contribution in [0.5, 0.6) is 0 Å². The van der Waals surface area contributed by atoms with Gasteiger partial charge in [-0.15, -0.1) is 11.3 Å². The number of nitrogens with one attached hydrogen (secondary N) is 1. The van der Waals surface area contributed by atoms with Crippen LogP contribution in [0.25, 0.3) is 11.4 Å². The lowest BCUT2D eigenvalue weighted by molar-refractivity contribution is 0.102. The lowest BCUT2D eigenvalue weighted by Gasteiger charge is -2.02. The Bertz CT molecular complexity index is 871. The molecule has 0 spiro atoms. The van der Waals surface area contributed by atoms with Gasteiger partial charge in [0.1, 0.15) is 5.69 Å². The van der Waals surface area contributed by atoms with Gasteiger partial charge in [0, 0.05) is 36.5 Å². The van der Waals surface area contributed by atoms with Crippen LogP contribution >= 0.6 is 11.3 Å². The van der Waals surface area contributed by atoms with Gasteiger partial charge >= 0.3 is 0 Å². The van der Waals surface area contributed by atoms with Crippen molar-refractivity contribution in [2.45, 2.75) is 0 Å². The Morgan fingerprint density at radius 3 is 2.86 bits per heavy atom. The number of hydrogen-bond donors (Lipinski definition) is 1. The number of carbonyl (C=O) groups excluding carboxylic acids is 1. The molecule has 6 nitrogen and oxygen atoms in total. The molecular weight excluding hydrogens is 300 g/mol. The fraction of sp³-hybridized carbons (Fsp3) is 0.0667. The van der Waals surface area contributed by atoms with E-state index in [0.717, 1.165) is 5.69 Å². The minimum Gasteiger partial charge on any atom is -0.319 e. The Labute approximate surface area is 130 Å². The molecule has 0 aliphatic heterocycles. The van der Waals surface area contributed by atoms with Crippen molar-refractivity contribution in [1.29, 1.82) is 0 Å². The maximum Gasteiger partial charge on any atom is 0.257 e. The number of nitrogens with zero attached hydrogens (tertiary/aromatic N) is 3. The van der Waals surface area contributed by atoms with Crippen molar-refractivity contribution in [3.05, 3.63) is 64.0 Å². The van der Waals surface area contributed by atoms with Gasteiger partial charge in [-0.25, -0.2) is 4.98 Å². The van der Waals surface area contributed by atoms with Crippen molar-refractivity contribution in [3.8, 4) is 11.4 Å². The molecule has 0 saturated carbocycles. The highest BCUT2D eigenvalue weighted by Gasteiger charge is 2.11. The molecule has 0 aromatic carbocycles. The van der Waals surface area contributed by atoms with Gasteiger partial charge in [-0.05, 0) is 18.2 Å². The van der Waals surface area contributed by atoms with Crippen LogP contribution in [0, 0.1) is 0 Å². The minimum atomic E-state index is -0.361. The van der Waals surface area contributed by atoms with Gasteiger partial charge < -0.3 is 4.57 Å². The predicted octanol–water partition coefficient (Wildman–Crippen LogP) is 2.16. The number of hydrogen-bond acceptors (Lipinski definition) is 5. The van der Waals surface area contributed by atoms with Gasteiger partial charge in [0.05, 0.1) is 5.69 Å². The van der Waals surface area contributed by atoms with Crippen molar-refractivity contribution < 1.29 is 4.79 Å². The molecule has 22 heavy (non-hydrogen) atoms. The molecule has 0 unspecified atom stereocenters. The molecule has 0 bridgehead atoms. The van der Waals surface area contributed by atoms with Crippen LogP contribution in [0.4, 0.5) is 5.13 Å². The summed E-state index contributed by atoms with van der Waals surface area (Å²) in [5.41, 5.74) is 1.51. The SMILES string of the molecule is Cn1ccc(C(=O)Nc2nc(-c3ccccn3)cs2)cc1=O. The van der Waals surface area contributed by atoms with Crippen LogP contribution in [0.15, 0.2) is 52.9 Å². The number of amides is 1. The van der Waals surface area contributed by atoms with Crippen molar-refractivity contribution >= 4 is 22.4 Å². The smallest absolute Gasteiger partial charge is 0.257 e. The molecule has 3 aromatic heterocycles. The average Bonchev–Trinajstić information content (AvgIpc) is 2.99. The molecule has 0 aliphatic carbocycles. The predicted molar refractivity (Wildman–Crippen MR) is 85.0 cm³/mol. The van der Waals surface area contributed by atoms with Crippen LogP contribution in [-0.2, 0) is 7.05 Å². The molecule has 0 fully saturated rings. The molecule has 0 atom stereocenters. The first-order valence-electron chi connectivity index (χ1n) is 6.48. The lowest BCUT2D eigenvalue weighted by Crippen LogP contribution is -2.19. The van der Waals surface area contributed by atoms with Crippen molar-refractivity contribution in [2.24, 2.45) is 7.05 Å². The number of aryl methyl sites for hydroxylation is 1. The second-order valence-corrected chi connectivity index (χ2v) is 5.43. The second kappa shape index (κ2) is 5.90. The second-order valence-electron chi connectivity index (χ2n) is 4.57. The highest BCUT2D eigenvalue weighted by atomic mass is 32.1. The highest BCUT2D eigenvalue weighted by molar-refractivity contribution is 7.14. The van der Waals surface area contributed by atoms with E-state index in [1.54, 1.807) is 25.5 Å². The summed E-state index contributed by atoms with van der Waals surface area (Å²) in [6.45, 7) is 0. The molecule has 1 N–H and O–H groups in total. The van der Waals surface area contributed by atoms with Crippen LogP contribution in [0.2, 0.25) is 0 Å². The molecular formula is C15H12N4O2S. The topological polar surface area (TPSA) is 76.9 Å². The van der Waals surface area contributed by atoms with E-state index >= 15 is 0 Å². The number of anilines is 1. The maximum atomic E-state index is 12.1. The molecule has 3 rings (SSSR count). The van der Waals surface area contributed by atoms with Crippen LogP contribution in [-0.4, -0.2) is 20.4 Å². The van der Waals surface area contributed by atoms with Gasteiger partial charge in [0.2, 0.25) is 0 Å². The summed E-state index contributed by atoms with van der Waals surface area (Å²) in [5.74, 6) is -0.361. The van der Waals surface area contributed by atoms with Crippen molar-refractivity contribution in [3.63, 3.8) is 0 Å². The zero-order valence-corrected chi connectivity index (χ0v) is 12.5. The molecule has 0 aliphatic rings. The zero-order chi connectivity index (χ0) is 15.5. The fourth-order valence-corrected chi connectivity index (χ4v) is 2.52. The summed E-state index contributed by atoms with van der Waals surface area (Å²) in [6, 6.07) is 8.43. The van der Waals surface area contributed by atoms with Gasteiger partial charge in [-0.1, -0.05) is 6.07 Å². The third kappa shape index (κ3) is 2.94. The first-order chi connectivity index (χ1) is 10.6. The number of aromatic nitrogens is 3. The third-order valence-electron chi connectivity index (χ3n) is 3.02. The first-order valence-corrected chi connectivity index (χ1v) is 7.36. The monoisotopic (exact) mass is 312 g/mol. The summed E-state index contributed by atoms with van der Waals surface area (Å²) in [5, 5.41) is 4.97. The summed E-state index contributed by atoms with van der Waals surface area (Å²) in [4.78, 5) is 32.2. The molecule has 7 heteroatoms. The summed E-state index contributed by atoms with van der Waals surface area (Å²) in [6.07, 6.45) is 3.24. The number of pyridine rings is 2. The molecule has 1 amide bonds. The number of rotatable bonds is 3. The summed E-state index contributed by atoms with van der Waals surface area (Å²) < 4.78 is 1.40.